The Balaban J connectivity index is 2.45. The van der Waals surface area contributed by atoms with E-state index < -0.39 is 32.9 Å². The van der Waals surface area contributed by atoms with Crippen LogP contribution in [0, 0.1) is 5.82 Å². The summed E-state index contributed by atoms with van der Waals surface area (Å²) >= 11 is 0. The molecular formula is C12H16FNO6S. The summed E-state index contributed by atoms with van der Waals surface area (Å²) in [6.45, 7) is -0.589. The van der Waals surface area contributed by atoms with Gasteiger partial charge in [-0.1, -0.05) is 0 Å². The van der Waals surface area contributed by atoms with E-state index >= 15 is 0 Å². The Hall–Kier alpha value is -1.42. The number of benzene rings is 1. The molecule has 0 unspecified atom stereocenters. The molecule has 1 aromatic carbocycles. The Morgan fingerprint density at radius 2 is 1.62 bits per heavy atom. The van der Waals surface area contributed by atoms with Crippen molar-refractivity contribution in [1.82, 2.24) is 4.31 Å². The molecule has 0 amide bonds. The van der Waals surface area contributed by atoms with Gasteiger partial charge in [-0.15, -0.1) is 0 Å². The van der Waals surface area contributed by atoms with E-state index in [1.54, 1.807) is 0 Å². The van der Waals surface area contributed by atoms with Crippen LogP contribution in [0.5, 0.6) is 11.5 Å². The van der Waals surface area contributed by atoms with Crippen LogP contribution < -0.4 is 9.47 Å². The molecule has 0 radical (unpaired) electrons. The first kappa shape index (κ1) is 16.0. The van der Waals surface area contributed by atoms with Crippen LogP contribution >= 0.6 is 0 Å². The lowest BCUT2D eigenvalue weighted by Crippen LogP contribution is -2.30. The summed E-state index contributed by atoms with van der Waals surface area (Å²) in [5, 5.41) is 18.9. The first-order valence-corrected chi connectivity index (χ1v) is 7.53. The van der Waals surface area contributed by atoms with E-state index in [4.69, 9.17) is 9.47 Å². The van der Waals surface area contributed by atoms with Gasteiger partial charge in [0.1, 0.15) is 10.7 Å². The maximum absolute atomic E-state index is 14.0. The molecule has 118 valence electrons. The molecule has 1 aliphatic heterocycles. The average molecular weight is 321 g/mol. The number of nitrogens with zero attached hydrogens (tertiary/aromatic N) is 1. The van der Waals surface area contributed by atoms with Gasteiger partial charge in [-0.25, -0.2) is 12.8 Å². The lowest BCUT2D eigenvalue weighted by molar-refractivity contribution is 0.0572. The number of methoxy groups -OCH3 is 2. The van der Waals surface area contributed by atoms with Crippen molar-refractivity contribution in [2.75, 3.05) is 27.3 Å². The van der Waals surface area contributed by atoms with Gasteiger partial charge in [-0.3, -0.25) is 0 Å². The molecule has 0 aliphatic carbocycles. The smallest absolute Gasteiger partial charge is 0.246 e. The molecule has 1 aromatic rings. The molecule has 0 aromatic heterocycles. The summed E-state index contributed by atoms with van der Waals surface area (Å²) in [4.78, 5) is -0.596. The molecule has 1 fully saturated rings. The maximum atomic E-state index is 14.0. The van der Waals surface area contributed by atoms with Crippen LogP contribution in [0.1, 0.15) is 0 Å². The normalized spacial score (nSPS) is 23.3. The lowest BCUT2D eigenvalue weighted by Gasteiger charge is -2.17. The van der Waals surface area contributed by atoms with Gasteiger partial charge >= 0.3 is 0 Å². The van der Waals surface area contributed by atoms with Gasteiger partial charge in [0.05, 0.1) is 26.4 Å². The third-order valence-electron chi connectivity index (χ3n) is 3.28. The second kappa shape index (κ2) is 5.76. The first-order valence-electron chi connectivity index (χ1n) is 6.09. The molecule has 1 aliphatic rings. The molecular weight excluding hydrogens is 305 g/mol. The van der Waals surface area contributed by atoms with Crippen LogP contribution in [0.25, 0.3) is 0 Å². The largest absolute Gasteiger partial charge is 0.493 e. The van der Waals surface area contributed by atoms with Gasteiger partial charge in [-0.2, -0.15) is 4.31 Å². The minimum atomic E-state index is -4.19. The first-order chi connectivity index (χ1) is 9.81. The van der Waals surface area contributed by atoms with Gasteiger partial charge < -0.3 is 19.7 Å². The molecule has 0 spiro atoms. The highest BCUT2D eigenvalue weighted by Gasteiger charge is 2.39. The molecule has 2 rings (SSSR count). The summed E-state index contributed by atoms with van der Waals surface area (Å²) < 4.78 is 49.5. The highest BCUT2D eigenvalue weighted by molar-refractivity contribution is 7.89. The van der Waals surface area contributed by atoms with E-state index in [1.165, 1.54) is 14.2 Å². The number of hydrogen-bond acceptors (Lipinski definition) is 6. The molecule has 9 heteroatoms. The van der Waals surface area contributed by atoms with E-state index in [9.17, 15) is 23.0 Å². The van der Waals surface area contributed by atoms with Gasteiger partial charge in [0.25, 0.3) is 0 Å². The van der Waals surface area contributed by atoms with Crippen LogP contribution in [0.15, 0.2) is 17.0 Å². The van der Waals surface area contributed by atoms with Crippen molar-refractivity contribution in [3.05, 3.63) is 17.9 Å². The fraction of sp³-hybridized carbons (Fsp3) is 0.500. The summed E-state index contributed by atoms with van der Waals surface area (Å²) in [6, 6.07) is 1.93. The average Bonchev–Trinajstić information content (AvgIpc) is 2.78. The van der Waals surface area contributed by atoms with Gasteiger partial charge in [0.15, 0.2) is 11.5 Å². The quantitative estimate of drug-likeness (QED) is 0.781. The molecule has 1 saturated heterocycles. The van der Waals surface area contributed by atoms with Crippen molar-refractivity contribution in [3.8, 4) is 11.5 Å². The SMILES string of the molecule is COc1cc(F)c(S(=O)(=O)N2C[C@@H](O)[C@@H](O)C2)cc1OC. The summed E-state index contributed by atoms with van der Waals surface area (Å²) in [6.07, 6.45) is -2.38. The Labute approximate surface area is 121 Å². The number of ether oxygens (including phenoxy) is 2. The number of aliphatic hydroxyl groups excluding tert-OH is 2. The van der Waals surface area contributed by atoms with Gasteiger partial charge in [0.2, 0.25) is 10.0 Å². The van der Waals surface area contributed by atoms with Crippen molar-refractivity contribution in [2.24, 2.45) is 0 Å². The Morgan fingerprint density at radius 1 is 1.14 bits per heavy atom. The molecule has 1 heterocycles. The summed E-state index contributed by atoms with van der Waals surface area (Å²) in [5.74, 6) is -0.864. The highest BCUT2D eigenvalue weighted by Crippen LogP contribution is 2.33. The number of hydrogen-bond donors (Lipinski definition) is 2. The van der Waals surface area contributed by atoms with Crippen molar-refractivity contribution in [3.63, 3.8) is 0 Å². The standard InChI is InChI=1S/C12H16FNO6S/c1-19-10-3-7(13)12(4-11(10)20-2)21(17,18)14-5-8(15)9(16)6-14/h3-4,8-9,15-16H,5-6H2,1-2H3/t8-,9+. The predicted octanol–water partition coefficient (Wildman–Crippen LogP) is -0.431. The minimum absolute atomic E-state index is 0.0652. The maximum Gasteiger partial charge on any atom is 0.246 e. The zero-order valence-corrected chi connectivity index (χ0v) is 12.3. The topological polar surface area (TPSA) is 96.3 Å². The Morgan fingerprint density at radius 3 is 2.10 bits per heavy atom. The third kappa shape index (κ3) is 2.82. The number of sulfonamides is 1. The molecule has 0 bridgehead atoms. The van der Waals surface area contributed by atoms with Crippen molar-refractivity contribution >= 4 is 10.0 Å². The van der Waals surface area contributed by atoms with E-state index in [0.717, 1.165) is 16.4 Å². The van der Waals surface area contributed by atoms with Crippen molar-refractivity contribution < 1.29 is 32.5 Å². The molecule has 7 nitrogen and oxygen atoms in total. The molecule has 2 atom stereocenters. The van der Waals surface area contributed by atoms with Crippen LogP contribution in [-0.4, -0.2) is 62.5 Å². The predicted molar refractivity (Wildman–Crippen MR) is 70.3 cm³/mol. The van der Waals surface area contributed by atoms with Crippen molar-refractivity contribution in [1.29, 1.82) is 0 Å². The van der Waals surface area contributed by atoms with E-state index in [-0.39, 0.29) is 24.6 Å². The second-order valence-corrected chi connectivity index (χ2v) is 6.50. The van der Waals surface area contributed by atoms with Crippen LogP contribution in [-0.2, 0) is 10.0 Å². The Kier molecular flexibility index (Phi) is 4.38. The zero-order valence-electron chi connectivity index (χ0n) is 11.5. The van der Waals surface area contributed by atoms with Crippen LogP contribution in [0.2, 0.25) is 0 Å². The van der Waals surface area contributed by atoms with E-state index in [0.29, 0.717) is 0 Å². The lowest BCUT2D eigenvalue weighted by atomic mass is 10.3. The van der Waals surface area contributed by atoms with E-state index in [2.05, 4.69) is 0 Å². The molecule has 21 heavy (non-hydrogen) atoms. The third-order valence-corrected chi connectivity index (χ3v) is 5.13. The number of aliphatic hydroxyl groups is 2. The van der Waals surface area contributed by atoms with Crippen LogP contribution in [0.3, 0.4) is 0 Å². The van der Waals surface area contributed by atoms with Crippen molar-refractivity contribution in [2.45, 2.75) is 17.1 Å². The number of rotatable bonds is 4. The fourth-order valence-corrected chi connectivity index (χ4v) is 3.64. The fourth-order valence-electron chi connectivity index (χ4n) is 2.10. The Bertz CT molecular complexity index is 625. The number of β-amino-alcohol motifs (C(OH)–C–C–N with tert-alkyl or cyclic N) is 2. The zero-order chi connectivity index (χ0) is 15.8. The minimum Gasteiger partial charge on any atom is -0.493 e. The second-order valence-electron chi connectivity index (χ2n) is 4.59. The highest BCUT2D eigenvalue weighted by atomic mass is 32.2. The van der Waals surface area contributed by atoms with Crippen LogP contribution in [0.4, 0.5) is 4.39 Å². The van der Waals surface area contributed by atoms with Gasteiger partial charge in [-0.05, 0) is 0 Å². The van der Waals surface area contributed by atoms with E-state index in [1.807, 2.05) is 0 Å². The summed E-state index contributed by atoms with van der Waals surface area (Å²) in [7, 11) is -1.58. The summed E-state index contributed by atoms with van der Waals surface area (Å²) in [5.41, 5.74) is 0. The molecule has 0 saturated carbocycles. The monoisotopic (exact) mass is 321 g/mol. The number of halogens is 1. The molecule has 2 N–H and O–H groups in total. The van der Waals surface area contributed by atoms with Gasteiger partial charge in [0, 0.05) is 25.2 Å².